The Bertz CT molecular complexity index is 446. The molecule has 2 rings (SSSR count). The van der Waals surface area contributed by atoms with E-state index in [4.69, 9.17) is 17.3 Å². The van der Waals surface area contributed by atoms with Crippen LogP contribution in [0, 0.1) is 5.82 Å². The molecule has 2 atom stereocenters. The Hall–Kier alpha value is -1.13. The maximum absolute atomic E-state index is 13.4. The van der Waals surface area contributed by atoms with E-state index < -0.39 is 5.82 Å². The monoisotopic (exact) mass is 270 g/mol. The van der Waals surface area contributed by atoms with E-state index in [0.29, 0.717) is 17.0 Å². The van der Waals surface area contributed by atoms with Crippen LogP contribution in [0.3, 0.4) is 0 Å². The van der Waals surface area contributed by atoms with Gasteiger partial charge in [0.25, 0.3) is 0 Å². The van der Waals surface area contributed by atoms with Crippen LogP contribution in [0.25, 0.3) is 0 Å². The summed E-state index contributed by atoms with van der Waals surface area (Å²) in [5.41, 5.74) is 6.76. The first kappa shape index (κ1) is 13.3. The molecule has 1 aromatic rings. The number of likely N-dealkylation sites (tertiary alicyclic amines) is 1. The number of hydrogen-bond acceptors (Lipinski definition) is 2. The van der Waals surface area contributed by atoms with Gasteiger partial charge in [0.2, 0.25) is 5.91 Å². The highest BCUT2D eigenvalue weighted by molar-refractivity contribution is 6.30. The minimum absolute atomic E-state index is 0.0355. The minimum Gasteiger partial charge on any atom is -0.337 e. The molecule has 0 spiro atoms. The zero-order valence-corrected chi connectivity index (χ0v) is 11.0. The first-order chi connectivity index (χ1) is 8.49. The number of halogens is 2. The normalized spacial score (nSPS) is 25.1. The molecule has 1 saturated heterocycles. The van der Waals surface area contributed by atoms with Gasteiger partial charge in [-0.15, -0.1) is 0 Å². The highest BCUT2D eigenvalue weighted by Crippen LogP contribution is 2.30. The van der Waals surface area contributed by atoms with Crippen molar-refractivity contribution in [2.24, 2.45) is 5.73 Å². The molecular formula is C13H16ClFN2O. The van der Waals surface area contributed by atoms with Crippen LogP contribution in [0.5, 0.6) is 0 Å². The fourth-order valence-electron chi connectivity index (χ4n) is 2.48. The SMILES string of the molecule is CN1C(=O)CCCC(N)C1c1cc(F)cc(Cl)c1. The highest BCUT2D eigenvalue weighted by atomic mass is 35.5. The third kappa shape index (κ3) is 2.65. The molecule has 0 aliphatic carbocycles. The highest BCUT2D eigenvalue weighted by Gasteiger charge is 2.30. The van der Waals surface area contributed by atoms with Gasteiger partial charge < -0.3 is 10.6 Å². The average molecular weight is 271 g/mol. The number of rotatable bonds is 1. The molecule has 0 radical (unpaired) electrons. The Morgan fingerprint density at radius 1 is 1.44 bits per heavy atom. The van der Waals surface area contributed by atoms with E-state index >= 15 is 0 Å². The van der Waals surface area contributed by atoms with E-state index in [1.165, 1.54) is 12.1 Å². The van der Waals surface area contributed by atoms with Crippen LogP contribution in [0.1, 0.15) is 30.9 Å². The second-order valence-electron chi connectivity index (χ2n) is 4.71. The van der Waals surface area contributed by atoms with Gasteiger partial charge in [0.15, 0.2) is 0 Å². The summed E-state index contributed by atoms with van der Waals surface area (Å²) in [6, 6.07) is 3.80. The third-order valence-electron chi connectivity index (χ3n) is 3.37. The molecule has 1 aliphatic rings. The smallest absolute Gasteiger partial charge is 0.222 e. The van der Waals surface area contributed by atoms with Crippen LogP contribution in [0.4, 0.5) is 4.39 Å². The summed E-state index contributed by atoms with van der Waals surface area (Å²) in [4.78, 5) is 13.5. The van der Waals surface area contributed by atoms with Gasteiger partial charge in [-0.3, -0.25) is 4.79 Å². The second-order valence-corrected chi connectivity index (χ2v) is 5.14. The largest absolute Gasteiger partial charge is 0.337 e. The number of hydrogen-bond donors (Lipinski definition) is 1. The van der Waals surface area contributed by atoms with Crippen molar-refractivity contribution in [2.75, 3.05) is 7.05 Å². The maximum Gasteiger partial charge on any atom is 0.222 e. The van der Waals surface area contributed by atoms with E-state index in [-0.39, 0.29) is 18.0 Å². The zero-order chi connectivity index (χ0) is 13.3. The lowest BCUT2D eigenvalue weighted by Crippen LogP contribution is -2.39. The van der Waals surface area contributed by atoms with E-state index in [1.54, 1.807) is 18.0 Å². The summed E-state index contributed by atoms with van der Waals surface area (Å²) in [7, 11) is 1.71. The lowest BCUT2D eigenvalue weighted by molar-refractivity contribution is -0.131. The van der Waals surface area contributed by atoms with Crippen LogP contribution in [0.15, 0.2) is 18.2 Å². The lowest BCUT2D eigenvalue weighted by Gasteiger charge is -2.30. The molecule has 3 nitrogen and oxygen atoms in total. The summed E-state index contributed by atoms with van der Waals surface area (Å²) in [6.07, 6.45) is 2.00. The number of benzene rings is 1. The lowest BCUT2D eigenvalue weighted by atomic mass is 9.96. The molecule has 1 aliphatic heterocycles. The second kappa shape index (κ2) is 5.24. The summed E-state index contributed by atoms with van der Waals surface area (Å²) < 4.78 is 13.4. The van der Waals surface area contributed by atoms with Gasteiger partial charge in [0.05, 0.1) is 6.04 Å². The quantitative estimate of drug-likeness (QED) is 0.852. The van der Waals surface area contributed by atoms with E-state index in [1.807, 2.05) is 0 Å². The zero-order valence-electron chi connectivity index (χ0n) is 10.2. The molecule has 2 N–H and O–H groups in total. The van der Waals surface area contributed by atoms with Crippen LogP contribution >= 0.6 is 11.6 Å². The Labute approximate surface area is 111 Å². The molecule has 0 bridgehead atoms. The summed E-state index contributed by atoms with van der Waals surface area (Å²) in [5.74, 6) is -0.372. The summed E-state index contributed by atoms with van der Waals surface area (Å²) >= 11 is 5.86. The van der Waals surface area contributed by atoms with Crippen molar-refractivity contribution < 1.29 is 9.18 Å². The molecule has 0 saturated carbocycles. The van der Waals surface area contributed by atoms with Crippen LogP contribution in [0.2, 0.25) is 5.02 Å². The van der Waals surface area contributed by atoms with Gasteiger partial charge >= 0.3 is 0 Å². The van der Waals surface area contributed by atoms with Crippen molar-refractivity contribution in [3.63, 3.8) is 0 Å². The van der Waals surface area contributed by atoms with Crippen molar-refractivity contribution in [3.8, 4) is 0 Å². The number of amides is 1. The fraction of sp³-hybridized carbons (Fsp3) is 0.462. The van der Waals surface area contributed by atoms with Gasteiger partial charge in [-0.2, -0.15) is 0 Å². The number of nitrogens with zero attached hydrogens (tertiary/aromatic N) is 1. The Morgan fingerprint density at radius 3 is 2.83 bits per heavy atom. The van der Waals surface area contributed by atoms with Crippen LogP contribution in [-0.4, -0.2) is 23.9 Å². The van der Waals surface area contributed by atoms with E-state index in [9.17, 15) is 9.18 Å². The van der Waals surface area contributed by atoms with E-state index in [2.05, 4.69) is 0 Å². The molecule has 5 heteroatoms. The van der Waals surface area contributed by atoms with Crippen LogP contribution < -0.4 is 5.73 Å². The third-order valence-corrected chi connectivity index (χ3v) is 3.59. The molecule has 2 unspecified atom stereocenters. The Kier molecular flexibility index (Phi) is 3.88. The van der Waals surface area contributed by atoms with Crippen molar-refractivity contribution >= 4 is 17.5 Å². The molecule has 1 aromatic carbocycles. The molecule has 1 fully saturated rings. The van der Waals surface area contributed by atoms with Crippen molar-refractivity contribution in [2.45, 2.75) is 31.3 Å². The predicted octanol–water partition coefficient (Wildman–Crippen LogP) is 2.49. The first-order valence-electron chi connectivity index (χ1n) is 5.96. The molecule has 98 valence electrons. The topological polar surface area (TPSA) is 46.3 Å². The minimum atomic E-state index is -0.408. The standard InChI is InChI=1S/C13H16ClFN2O/c1-17-12(18)4-2-3-11(16)13(17)8-5-9(14)7-10(15)6-8/h5-7,11,13H,2-4,16H2,1H3. The molecule has 1 heterocycles. The first-order valence-corrected chi connectivity index (χ1v) is 6.34. The Balaban J connectivity index is 2.41. The van der Waals surface area contributed by atoms with Gasteiger partial charge in [-0.05, 0) is 36.6 Å². The summed E-state index contributed by atoms with van der Waals surface area (Å²) in [6.45, 7) is 0. The van der Waals surface area contributed by atoms with Crippen molar-refractivity contribution in [3.05, 3.63) is 34.6 Å². The van der Waals surface area contributed by atoms with Gasteiger partial charge in [-0.1, -0.05) is 11.6 Å². The maximum atomic E-state index is 13.4. The fourth-order valence-corrected chi connectivity index (χ4v) is 2.71. The number of carbonyl (C=O) groups excluding carboxylic acids is 1. The Morgan fingerprint density at radius 2 is 2.17 bits per heavy atom. The van der Waals surface area contributed by atoms with Gasteiger partial charge in [0.1, 0.15) is 5.82 Å². The van der Waals surface area contributed by atoms with Crippen molar-refractivity contribution in [1.82, 2.24) is 4.90 Å². The number of carbonyl (C=O) groups is 1. The van der Waals surface area contributed by atoms with Crippen LogP contribution in [-0.2, 0) is 4.79 Å². The number of nitrogens with two attached hydrogens (primary N) is 1. The molecule has 0 aromatic heterocycles. The van der Waals surface area contributed by atoms with Gasteiger partial charge in [-0.25, -0.2) is 4.39 Å². The van der Waals surface area contributed by atoms with E-state index in [0.717, 1.165) is 12.8 Å². The van der Waals surface area contributed by atoms with Crippen molar-refractivity contribution in [1.29, 1.82) is 0 Å². The molecule has 18 heavy (non-hydrogen) atoms. The number of likely N-dealkylation sites (N-methyl/N-ethyl adjacent to an activating group) is 1. The molecular weight excluding hydrogens is 255 g/mol. The predicted molar refractivity (Wildman–Crippen MR) is 68.7 cm³/mol. The average Bonchev–Trinajstić information content (AvgIpc) is 2.38. The van der Waals surface area contributed by atoms with Gasteiger partial charge in [0, 0.05) is 24.5 Å². The summed E-state index contributed by atoms with van der Waals surface area (Å²) in [5, 5.41) is 0.322. The molecule has 1 amide bonds.